The van der Waals surface area contributed by atoms with Crippen molar-refractivity contribution in [3.63, 3.8) is 0 Å². The van der Waals surface area contributed by atoms with E-state index in [-0.39, 0.29) is 24.8 Å². The van der Waals surface area contributed by atoms with E-state index in [1.54, 1.807) is 12.1 Å². The third kappa shape index (κ3) is 3.78. The number of nitrogens with zero attached hydrogens (tertiary/aromatic N) is 2. The molecule has 1 atom stereocenters. The number of hydrogen-bond donors (Lipinski definition) is 2. The fourth-order valence-electron chi connectivity index (χ4n) is 2.19. The summed E-state index contributed by atoms with van der Waals surface area (Å²) in [5.74, 6) is -0.0619. The van der Waals surface area contributed by atoms with E-state index in [0.717, 1.165) is 15.2 Å². The van der Waals surface area contributed by atoms with Crippen LogP contribution >= 0.6 is 0 Å². The Morgan fingerprint density at radius 3 is 2.70 bits per heavy atom. The summed E-state index contributed by atoms with van der Waals surface area (Å²) in [6.07, 6.45) is 2.01. The second-order valence-electron chi connectivity index (χ2n) is 5.31. The highest BCUT2D eigenvalue weighted by molar-refractivity contribution is 5.92. The number of carbonyl (C=O) groups excluding carboxylic acids is 1. The average Bonchev–Trinajstić information content (AvgIpc) is 3.05. The zero-order chi connectivity index (χ0) is 17.0. The van der Waals surface area contributed by atoms with E-state index in [4.69, 9.17) is 4.42 Å². The van der Waals surface area contributed by atoms with E-state index in [2.05, 4.69) is 5.32 Å². The van der Waals surface area contributed by atoms with E-state index in [1.807, 2.05) is 0 Å². The Balaban J connectivity index is 2.07. The lowest BCUT2D eigenvalue weighted by Gasteiger charge is -2.15. The largest absolute Gasteiger partial charge is 0.469 e. The number of aromatic nitrogens is 2. The third-order valence-corrected chi connectivity index (χ3v) is 3.64. The number of nitrogens with one attached hydrogen (secondary N) is 1. The van der Waals surface area contributed by atoms with Gasteiger partial charge in [-0.15, -0.1) is 0 Å². The number of hydrogen-bond acceptors (Lipinski definition) is 5. The molecule has 2 aromatic rings. The van der Waals surface area contributed by atoms with Gasteiger partial charge in [0.25, 0.3) is 11.5 Å². The average molecular weight is 321 g/mol. The molecule has 2 rings (SSSR count). The van der Waals surface area contributed by atoms with Crippen molar-refractivity contribution in [2.24, 2.45) is 20.0 Å². The summed E-state index contributed by atoms with van der Waals surface area (Å²) in [4.78, 5) is 35.6. The van der Waals surface area contributed by atoms with Gasteiger partial charge < -0.3 is 14.8 Å². The van der Waals surface area contributed by atoms with Crippen LogP contribution in [0.5, 0.6) is 0 Å². The Labute approximate surface area is 132 Å². The highest BCUT2D eigenvalue weighted by Gasteiger charge is 2.16. The highest BCUT2D eigenvalue weighted by atomic mass is 16.3. The molecule has 0 radical (unpaired) electrons. The summed E-state index contributed by atoms with van der Waals surface area (Å²) in [7, 11) is 2.76. The molecule has 0 aromatic carbocycles. The van der Waals surface area contributed by atoms with E-state index >= 15 is 0 Å². The fourth-order valence-corrected chi connectivity index (χ4v) is 2.19. The van der Waals surface area contributed by atoms with Gasteiger partial charge in [-0.05, 0) is 12.1 Å². The van der Waals surface area contributed by atoms with E-state index in [9.17, 15) is 19.5 Å². The zero-order valence-electron chi connectivity index (χ0n) is 13.0. The van der Waals surface area contributed by atoms with Crippen molar-refractivity contribution in [1.29, 1.82) is 0 Å². The molecule has 124 valence electrons. The fraction of sp³-hybridized carbons (Fsp3) is 0.400. The number of aliphatic hydroxyl groups is 1. The summed E-state index contributed by atoms with van der Waals surface area (Å²) in [5, 5.41) is 12.0. The molecule has 1 amide bonds. The predicted octanol–water partition coefficient (Wildman–Crippen LogP) is -0.742. The summed E-state index contributed by atoms with van der Waals surface area (Å²) in [6, 6.07) is 4.64. The maximum absolute atomic E-state index is 12.2. The van der Waals surface area contributed by atoms with Crippen LogP contribution in [0, 0.1) is 5.92 Å². The molecule has 0 aliphatic rings. The Bertz CT molecular complexity index is 788. The molecule has 0 bridgehead atoms. The van der Waals surface area contributed by atoms with Gasteiger partial charge in [-0.25, -0.2) is 4.79 Å². The van der Waals surface area contributed by atoms with Gasteiger partial charge >= 0.3 is 5.69 Å². The molecule has 23 heavy (non-hydrogen) atoms. The van der Waals surface area contributed by atoms with Gasteiger partial charge in [-0.3, -0.25) is 18.7 Å². The lowest BCUT2D eigenvalue weighted by Crippen LogP contribution is -2.42. The van der Waals surface area contributed by atoms with E-state index in [1.165, 1.54) is 20.4 Å². The second kappa shape index (κ2) is 7.10. The van der Waals surface area contributed by atoms with Crippen molar-refractivity contribution in [1.82, 2.24) is 14.5 Å². The Morgan fingerprint density at radius 1 is 1.35 bits per heavy atom. The Hall–Kier alpha value is -2.61. The van der Waals surface area contributed by atoms with Crippen molar-refractivity contribution in [3.8, 4) is 0 Å². The second-order valence-corrected chi connectivity index (χ2v) is 5.31. The molecule has 2 heterocycles. The van der Waals surface area contributed by atoms with Crippen LogP contribution in [0.25, 0.3) is 0 Å². The number of aliphatic hydroxyl groups excluding tert-OH is 1. The number of amides is 1. The molecule has 0 saturated heterocycles. The lowest BCUT2D eigenvalue weighted by atomic mass is 10.1. The van der Waals surface area contributed by atoms with Gasteiger partial charge in [-0.2, -0.15) is 0 Å². The molecule has 1 unspecified atom stereocenters. The Kier molecular flexibility index (Phi) is 5.17. The zero-order valence-corrected chi connectivity index (χ0v) is 13.0. The summed E-state index contributed by atoms with van der Waals surface area (Å²) in [6.45, 7) is 0.0654. The van der Waals surface area contributed by atoms with Crippen LogP contribution in [0.1, 0.15) is 16.2 Å². The van der Waals surface area contributed by atoms with Crippen LogP contribution in [-0.2, 0) is 20.5 Å². The van der Waals surface area contributed by atoms with Crippen LogP contribution in [0.15, 0.2) is 38.5 Å². The van der Waals surface area contributed by atoms with Crippen molar-refractivity contribution in [2.45, 2.75) is 6.42 Å². The van der Waals surface area contributed by atoms with Gasteiger partial charge in [0.05, 0.1) is 6.26 Å². The van der Waals surface area contributed by atoms with Gasteiger partial charge in [0.2, 0.25) is 0 Å². The van der Waals surface area contributed by atoms with Crippen LogP contribution in [0.4, 0.5) is 0 Å². The molecule has 0 spiro atoms. The van der Waals surface area contributed by atoms with E-state index < -0.39 is 17.2 Å². The first-order valence-electron chi connectivity index (χ1n) is 7.12. The maximum Gasteiger partial charge on any atom is 0.331 e. The van der Waals surface area contributed by atoms with Gasteiger partial charge in [0.15, 0.2) is 0 Å². The van der Waals surface area contributed by atoms with Gasteiger partial charge in [0, 0.05) is 45.7 Å². The monoisotopic (exact) mass is 321 g/mol. The molecule has 0 aliphatic carbocycles. The maximum atomic E-state index is 12.2. The Morgan fingerprint density at radius 2 is 2.09 bits per heavy atom. The molecular weight excluding hydrogens is 302 g/mol. The van der Waals surface area contributed by atoms with Crippen molar-refractivity contribution in [3.05, 3.63) is 56.8 Å². The molecule has 8 heteroatoms. The van der Waals surface area contributed by atoms with Crippen molar-refractivity contribution in [2.75, 3.05) is 13.2 Å². The van der Waals surface area contributed by atoms with Crippen LogP contribution in [0.2, 0.25) is 0 Å². The quantitative estimate of drug-likeness (QED) is 0.729. The summed E-state index contributed by atoms with van der Waals surface area (Å²) < 4.78 is 7.24. The molecule has 0 saturated carbocycles. The minimum atomic E-state index is -0.572. The molecule has 0 aliphatic heterocycles. The van der Waals surface area contributed by atoms with Crippen LogP contribution < -0.4 is 16.6 Å². The first-order valence-corrected chi connectivity index (χ1v) is 7.12. The van der Waals surface area contributed by atoms with Crippen LogP contribution in [0.3, 0.4) is 0 Å². The minimum absolute atomic E-state index is 0.0206. The first kappa shape index (κ1) is 16.8. The van der Waals surface area contributed by atoms with Crippen molar-refractivity contribution < 1.29 is 14.3 Å². The highest BCUT2D eigenvalue weighted by Crippen LogP contribution is 2.08. The smallest absolute Gasteiger partial charge is 0.331 e. The number of rotatable bonds is 6. The predicted molar refractivity (Wildman–Crippen MR) is 82.2 cm³/mol. The van der Waals surface area contributed by atoms with Gasteiger partial charge in [-0.1, -0.05) is 0 Å². The standard InChI is InChI=1S/C15H19N3O5/c1-17-12(7-13(20)18(2)15(17)22)14(21)16-8-10(9-19)6-11-4-3-5-23-11/h3-5,7,10,19H,6,8-9H2,1-2H3,(H,16,21). The van der Waals surface area contributed by atoms with Crippen molar-refractivity contribution >= 4 is 5.91 Å². The summed E-state index contributed by atoms with van der Waals surface area (Å²) >= 11 is 0. The molecule has 2 N–H and O–H groups in total. The number of carbonyl (C=O) groups is 1. The summed E-state index contributed by atoms with van der Waals surface area (Å²) in [5.41, 5.74) is -1.14. The SMILES string of the molecule is Cn1c(C(=O)NCC(CO)Cc2ccco2)cc(=O)n(C)c1=O. The molecule has 0 fully saturated rings. The van der Waals surface area contributed by atoms with Gasteiger partial charge in [0.1, 0.15) is 11.5 Å². The normalized spacial score (nSPS) is 12.1. The molecule has 8 nitrogen and oxygen atoms in total. The first-order chi connectivity index (χ1) is 10.9. The topological polar surface area (TPSA) is 106 Å². The number of furan rings is 1. The third-order valence-electron chi connectivity index (χ3n) is 3.64. The minimum Gasteiger partial charge on any atom is -0.469 e. The van der Waals surface area contributed by atoms with Crippen LogP contribution in [-0.4, -0.2) is 33.3 Å². The lowest BCUT2D eigenvalue weighted by molar-refractivity contribution is 0.0928. The van der Waals surface area contributed by atoms with E-state index in [0.29, 0.717) is 12.2 Å². The molecule has 2 aromatic heterocycles. The molecular formula is C15H19N3O5.